The van der Waals surface area contributed by atoms with Crippen LogP contribution in [0.2, 0.25) is 0 Å². The lowest BCUT2D eigenvalue weighted by Crippen LogP contribution is -2.46. The number of hydrogen-bond donors (Lipinski definition) is 1. The summed E-state index contributed by atoms with van der Waals surface area (Å²) < 4.78 is 17.0. The number of benzene rings is 1. The zero-order chi connectivity index (χ0) is 34.3. The van der Waals surface area contributed by atoms with Gasteiger partial charge in [-0.15, -0.1) is 0 Å². The quantitative estimate of drug-likeness (QED) is 0.262. The predicted octanol–water partition coefficient (Wildman–Crippen LogP) is 5.54. The maximum atomic E-state index is 14.2. The first-order chi connectivity index (χ1) is 22.3. The molecule has 10 nitrogen and oxygen atoms in total. The molecule has 1 saturated heterocycles. The number of methoxy groups -OCH3 is 1. The summed E-state index contributed by atoms with van der Waals surface area (Å²) in [4.78, 5) is 47.0. The number of aryl methyl sites for hydroxylation is 1. The average Bonchev–Trinajstić information content (AvgIpc) is 3.79. The van der Waals surface area contributed by atoms with Gasteiger partial charge in [0.05, 0.1) is 12.7 Å². The second-order valence-corrected chi connectivity index (χ2v) is 15.1. The van der Waals surface area contributed by atoms with Crippen LogP contribution < -0.4 is 4.74 Å². The lowest BCUT2D eigenvalue weighted by Gasteiger charge is -2.35. The Morgan fingerprint density at radius 1 is 0.979 bits per heavy atom. The van der Waals surface area contributed by atoms with Gasteiger partial charge in [0.2, 0.25) is 5.91 Å². The highest BCUT2D eigenvalue weighted by Gasteiger charge is 2.44. The van der Waals surface area contributed by atoms with Crippen LogP contribution in [-0.4, -0.2) is 108 Å². The van der Waals surface area contributed by atoms with Gasteiger partial charge in [-0.2, -0.15) is 0 Å². The summed E-state index contributed by atoms with van der Waals surface area (Å²) in [6, 6.07) is 5.87. The van der Waals surface area contributed by atoms with Crippen LogP contribution in [0.4, 0.5) is 4.79 Å². The van der Waals surface area contributed by atoms with Crippen LogP contribution in [-0.2, 0) is 20.7 Å². The number of carbonyl (C=O) groups excluding carboxylic acids is 3. The second-order valence-electron chi connectivity index (χ2n) is 15.1. The molecule has 1 aromatic rings. The summed E-state index contributed by atoms with van der Waals surface area (Å²) in [5, 5.41) is 10.0. The number of hydrogen-bond acceptors (Lipinski definition) is 7. The smallest absolute Gasteiger partial charge is 0.410 e. The van der Waals surface area contributed by atoms with Crippen molar-refractivity contribution in [3.63, 3.8) is 0 Å². The molecule has 3 fully saturated rings. The number of aliphatic hydroxyl groups is 1. The molecule has 1 heterocycles. The first kappa shape index (κ1) is 37.0. The van der Waals surface area contributed by atoms with E-state index in [0.29, 0.717) is 70.6 Å². The third kappa shape index (κ3) is 10.3. The molecule has 47 heavy (non-hydrogen) atoms. The summed E-state index contributed by atoms with van der Waals surface area (Å²) in [5.74, 6) is 0.732. The summed E-state index contributed by atoms with van der Waals surface area (Å²) in [7, 11) is 1.67. The van der Waals surface area contributed by atoms with Gasteiger partial charge in [-0.3, -0.25) is 9.59 Å². The fourth-order valence-corrected chi connectivity index (χ4v) is 6.89. The summed E-state index contributed by atoms with van der Waals surface area (Å²) in [6.45, 7) is 14.8. The van der Waals surface area contributed by atoms with E-state index in [1.807, 2.05) is 57.7 Å². The molecule has 10 heteroatoms. The van der Waals surface area contributed by atoms with Crippen LogP contribution in [0.5, 0.6) is 5.75 Å². The van der Waals surface area contributed by atoms with E-state index in [9.17, 15) is 19.5 Å². The van der Waals surface area contributed by atoms with Crippen LogP contribution in [0.3, 0.4) is 0 Å². The molecule has 264 valence electrons. The van der Waals surface area contributed by atoms with E-state index in [-0.39, 0.29) is 53.8 Å². The Morgan fingerprint density at radius 3 is 2.21 bits per heavy atom. The van der Waals surface area contributed by atoms with Gasteiger partial charge in [0, 0.05) is 81.7 Å². The molecule has 0 spiro atoms. The summed E-state index contributed by atoms with van der Waals surface area (Å²) in [6.07, 6.45) is 5.63. The summed E-state index contributed by atoms with van der Waals surface area (Å²) in [5.41, 5.74) is 1.00. The lowest BCUT2D eigenvalue weighted by molar-refractivity contribution is -0.138. The number of likely N-dealkylation sites (tertiary alicyclic amines) is 1. The van der Waals surface area contributed by atoms with Crippen molar-refractivity contribution in [2.75, 3.05) is 46.5 Å². The fraction of sp³-hybridized carbons (Fsp3) is 0.757. The van der Waals surface area contributed by atoms with Gasteiger partial charge in [-0.1, -0.05) is 13.0 Å². The molecule has 0 aromatic heterocycles. The maximum absolute atomic E-state index is 14.2. The Kier molecular flexibility index (Phi) is 13.0. The molecule has 2 saturated carbocycles. The minimum absolute atomic E-state index is 0.00237. The number of nitrogens with zero attached hydrogens (tertiary/aromatic N) is 3. The van der Waals surface area contributed by atoms with E-state index in [1.165, 1.54) is 0 Å². The number of amides is 3. The van der Waals surface area contributed by atoms with Gasteiger partial charge in [0.15, 0.2) is 0 Å². The zero-order valence-corrected chi connectivity index (χ0v) is 29.8. The van der Waals surface area contributed by atoms with Crippen molar-refractivity contribution in [1.29, 1.82) is 0 Å². The predicted molar refractivity (Wildman–Crippen MR) is 181 cm³/mol. The average molecular weight is 658 g/mol. The van der Waals surface area contributed by atoms with Crippen molar-refractivity contribution in [1.82, 2.24) is 14.7 Å². The highest BCUT2D eigenvalue weighted by Crippen LogP contribution is 2.36. The molecule has 1 aliphatic heterocycles. The summed E-state index contributed by atoms with van der Waals surface area (Å²) >= 11 is 0. The van der Waals surface area contributed by atoms with Crippen molar-refractivity contribution >= 4 is 17.9 Å². The molecule has 1 aromatic carbocycles. The molecule has 0 bridgehead atoms. The number of aliphatic hydroxyl groups excluding tert-OH is 1. The largest absolute Gasteiger partial charge is 0.493 e. The first-order valence-electron chi connectivity index (χ1n) is 17.8. The van der Waals surface area contributed by atoms with Gasteiger partial charge < -0.3 is 34.0 Å². The molecule has 3 amide bonds. The Hall–Kier alpha value is -2.85. The van der Waals surface area contributed by atoms with Crippen molar-refractivity contribution in [2.45, 2.75) is 117 Å². The van der Waals surface area contributed by atoms with Gasteiger partial charge in [-0.25, -0.2) is 4.79 Å². The van der Waals surface area contributed by atoms with Crippen LogP contribution >= 0.6 is 0 Å². The minimum Gasteiger partial charge on any atom is -0.493 e. The molecule has 4 rings (SSSR count). The van der Waals surface area contributed by atoms with Gasteiger partial charge in [0.25, 0.3) is 5.91 Å². The third-order valence-electron chi connectivity index (χ3n) is 9.74. The van der Waals surface area contributed by atoms with Crippen LogP contribution in [0, 0.1) is 17.8 Å². The van der Waals surface area contributed by atoms with Crippen molar-refractivity contribution in [3.05, 3.63) is 29.3 Å². The SMILES string of the molecule is CCc1ccc(C(=O)N(C[C@@H]2CN(C(=O)OC(C)(C)C)C[C@H]2CN(C(=O)[C@H]2CC[C@@H](O)CC2)C2CC2)C(C)C)cc1OCCCOC. The molecule has 2 aliphatic carbocycles. The number of carbonyl (C=O) groups is 3. The molecule has 0 radical (unpaired) electrons. The van der Waals surface area contributed by atoms with E-state index in [4.69, 9.17) is 14.2 Å². The van der Waals surface area contributed by atoms with Gasteiger partial charge >= 0.3 is 6.09 Å². The molecule has 3 aliphatic rings. The van der Waals surface area contributed by atoms with Crippen LogP contribution in [0.15, 0.2) is 18.2 Å². The van der Waals surface area contributed by atoms with Crippen LogP contribution in [0.25, 0.3) is 0 Å². The van der Waals surface area contributed by atoms with E-state index < -0.39 is 5.60 Å². The standard InChI is InChI=1S/C37H59N3O7/c1-8-26-10-11-28(20-33(26)46-19-9-18-45-7)35(43)39(25(2)3)23-29-21-38(36(44)47-37(4,5)6)22-30(29)24-40(31-14-15-31)34(42)27-12-16-32(41)17-13-27/h10-11,20,25,27,29-32,41H,8-9,12-19,21-24H2,1-7H3/t27-,29-,30-,32+/m0/s1. The molecular weight excluding hydrogens is 598 g/mol. The van der Waals surface area contributed by atoms with Crippen molar-refractivity contribution < 1.29 is 33.7 Å². The highest BCUT2D eigenvalue weighted by atomic mass is 16.6. The number of rotatable bonds is 14. The molecule has 1 N–H and O–H groups in total. The van der Waals surface area contributed by atoms with E-state index in [2.05, 4.69) is 11.8 Å². The van der Waals surface area contributed by atoms with Crippen molar-refractivity contribution in [2.24, 2.45) is 17.8 Å². The lowest BCUT2D eigenvalue weighted by atomic mass is 9.86. The Bertz CT molecular complexity index is 1200. The maximum Gasteiger partial charge on any atom is 0.410 e. The Labute approximate surface area is 282 Å². The third-order valence-corrected chi connectivity index (χ3v) is 9.74. The fourth-order valence-electron chi connectivity index (χ4n) is 6.89. The topological polar surface area (TPSA) is 109 Å². The minimum atomic E-state index is -0.625. The van der Waals surface area contributed by atoms with E-state index in [1.54, 1.807) is 12.0 Å². The van der Waals surface area contributed by atoms with Crippen LogP contribution in [0.1, 0.15) is 102 Å². The molecule has 2 atom stereocenters. The normalized spacial score (nSPS) is 23.1. The van der Waals surface area contributed by atoms with E-state index in [0.717, 1.165) is 37.0 Å². The second kappa shape index (κ2) is 16.5. The molecule has 0 unspecified atom stereocenters. The molecular formula is C37H59N3O7. The van der Waals surface area contributed by atoms with Crippen molar-refractivity contribution in [3.8, 4) is 5.75 Å². The monoisotopic (exact) mass is 657 g/mol. The van der Waals surface area contributed by atoms with Gasteiger partial charge in [-0.05, 0) is 97.3 Å². The Morgan fingerprint density at radius 2 is 1.64 bits per heavy atom. The Balaban J connectivity index is 1.55. The zero-order valence-electron chi connectivity index (χ0n) is 29.8. The first-order valence-corrected chi connectivity index (χ1v) is 17.8. The highest BCUT2D eigenvalue weighted by molar-refractivity contribution is 5.95. The van der Waals surface area contributed by atoms with Gasteiger partial charge in [0.1, 0.15) is 11.4 Å². The van der Waals surface area contributed by atoms with E-state index >= 15 is 0 Å². The number of ether oxygens (including phenoxy) is 3.